The highest BCUT2D eigenvalue weighted by Crippen LogP contribution is 2.45. The monoisotopic (exact) mass is 837 g/mol. The number of benzene rings is 4. The summed E-state index contributed by atoms with van der Waals surface area (Å²) in [7, 11) is 0. The summed E-state index contributed by atoms with van der Waals surface area (Å²) in [6.07, 6.45) is -1.09. The van der Waals surface area contributed by atoms with Crippen LogP contribution >= 0.6 is 0 Å². The molecule has 0 heterocycles. The first-order chi connectivity index (χ1) is 28.1. The van der Waals surface area contributed by atoms with Crippen LogP contribution in [0.4, 0.5) is 0 Å². The van der Waals surface area contributed by atoms with Gasteiger partial charge in [-0.25, -0.2) is 0 Å². The first kappa shape index (κ1) is 48.7. The van der Waals surface area contributed by atoms with Gasteiger partial charge in [0.1, 0.15) is 36.2 Å². The third-order valence-electron chi connectivity index (χ3n) is 11.3. The molecule has 0 aromatic heterocycles. The molecule has 2 unspecified atom stereocenters. The summed E-state index contributed by atoms with van der Waals surface area (Å²) >= 11 is 0. The van der Waals surface area contributed by atoms with Gasteiger partial charge < -0.3 is 29.2 Å². The van der Waals surface area contributed by atoms with Crippen LogP contribution in [0.1, 0.15) is 180 Å². The van der Waals surface area contributed by atoms with Crippen molar-refractivity contribution >= 4 is 11.9 Å². The lowest BCUT2D eigenvalue weighted by Gasteiger charge is -2.32. The number of para-hydroxylation sites is 2. The van der Waals surface area contributed by atoms with Gasteiger partial charge in [0.25, 0.3) is 0 Å². The number of hydrogen-bond acceptors (Lipinski definition) is 8. The molecule has 4 aromatic rings. The van der Waals surface area contributed by atoms with Crippen LogP contribution in [0.5, 0.6) is 23.0 Å². The van der Waals surface area contributed by atoms with Crippen LogP contribution in [0.3, 0.4) is 0 Å². The van der Waals surface area contributed by atoms with E-state index in [1.807, 2.05) is 72.8 Å². The summed E-state index contributed by atoms with van der Waals surface area (Å²) in [4.78, 5) is 25.8. The fraction of sp³-hybridized carbons (Fsp3) is 0.509. The molecule has 2 atom stereocenters. The zero-order valence-electron chi connectivity index (χ0n) is 39.8. The molecule has 0 aliphatic carbocycles. The second-order valence-corrected chi connectivity index (χ2v) is 20.8. The van der Waals surface area contributed by atoms with Gasteiger partial charge in [-0.2, -0.15) is 0 Å². The average Bonchev–Trinajstić information content (AvgIpc) is 3.16. The van der Waals surface area contributed by atoms with Gasteiger partial charge in [0.2, 0.25) is 0 Å². The van der Waals surface area contributed by atoms with Gasteiger partial charge in [0.05, 0.1) is 0 Å². The van der Waals surface area contributed by atoms with Crippen LogP contribution < -0.4 is 9.47 Å². The van der Waals surface area contributed by atoms with Gasteiger partial charge in [-0.3, -0.25) is 9.59 Å². The minimum Gasteiger partial charge on any atom is -0.507 e. The summed E-state index contributed by atoms with van der Waals surface area (Å²) in [6, 6.07) is 23.4. The Morgan fingerprint density at radius 3 is 1.02 bits per heavy atom. The van der Waals surface area contributed by atoms with Gasteiger partial charge in [0, 0.05) is 29.4 Å². The number of esters is 2. The Morgan fingerprint density at radius 1 is 0.475 bits per heavy atom. The van der Waals surface area contributed by atoms with Crippen molar-refractivity contribution in [3.05, 3.63) is 117 Å². The largest absolute Gasteiger partial charge is 0.507 e. The van der Waals surface area contributed by atoms with Crippen molar-refractivity contribution in [1.82, 2.24) is 0 Å². The lowest BCUT2D eigenvalue weighted by molar-refractivity contribution is -0.151. The molecule has 0 aliphatic heterocycles. The molecule has 0 spiro atoms. The van der Waals surface area contributed by atoms with E-state index >= 15 is 0 Å². The molecule has 2 N–H and O–H groups in total. The molecule has 0 fully saturated rings. The Bertz CT molecular complexity index is 1940. The summed E-state index contributed by atoms with van der Waals surface area (Å²) < 4.78 is 25.5. The molecule has 8 nitrogen and oxygen atoms in total. The summed E-state index contributed by atoms with van der Waals surface area (Å²) in [6.45, 7) is 32.5. The van der Waals surface area contributed by atoms with E-state index in [2.05, 4.69) is 96.9 Å². The van der Waals surface area contributed by atoms with Gasteiger partial charge in [0.15, 0.2) is 12.2 Å². The fourth-order valence-corrected chi connectivity index (χ4v) is 7.55. The standard InChI is InChI=1S/C53H72O8/c1-17-45(54)60-43(33-27-37(49(3,4)5)47(56)38(28-33)50(6,7)8)31-58-41-25-21-19-23-35(41)53(15,16)36-24-20-22-26-42(36)59-32-44(61-46(55)18-2)34-29-39(51(9,10)11)48(57)40(30-34)52(12,13)14/h19-30,43-44,56-57H,17-18,31-32H2,1-16H3. The lowest BCUT2D eigenvalue weighted by atomic mass is 9.77. The Morgan fingerprint density at radius 2 is 0.754 bits per heavy atom. The van der Waals surface area contributed by atoms with Crippen molar-refractivity contribution in [2.24, 2.45) is 0 Å². The minimum atomic E-state index is -0.748. The third kappa shape index (κ3) is 11.7. The number of carbonyl (C=O) groups is 2. The fourth-order valence-electron chi connectivity index (χ4n) is 7.55. The molecule has 0 radical (unpaired) electrons. The minimum absolute atomic E-state index is 0.0408. The second kappa shape index (κ2) is 18.6. The molecule has 4 rings (SSSR count). The number of carbonyl (C=O) groups excluding carboxylic acids is 2. The molecule has 0 saturated carbocycles. The van der Waals surface area contributed by atoms with Crippen molar-refractivity contribution in [1.29, 1.82) is 0 Å². The van der Waals surface area contributed by atoms with E-state index in [9.17, 15) is 19.8 Å². The number of rotatable bonds is 14. The van der Waals surface area contributed by atoms with E-state index < -0.39 is 17.6 Å². The van der Waals surface area contributed by atoms with Crippen LogP contribution in [-0.2, 0) is 46.1 Å². The van der Waals surface area contributed by atoms with Gasteiger partial charge >= 0.3 is 11.9 Å². The number of phenols is 2. The lowest BCUT2D eigenvalue weighted by Crippen LogP contribution is -2.25. The van der Waals surface area contributed by atoms with Crippen LogP contribution in [0.2, 0.25) is 0 Å². The van der Waals surface area contributed by atoms with Crippen LogP contribution in [0.25, 0.3) is 0 Å². The SMILES string of the molecule is CCC(=O)OC(COc1ccccc1C(C)(C)c1ccccc1OCC(OC(=O)CC)c1cc(C(C)(C)C)c(O)c(C(C)(C)C)c1)c1cc(C(C)(C)C)c(O)c(C(C)(C)C)c1. The third-order valence-corrected chi connectivity index (χ3v) is 11.3. The van der Waals surface area contributed by atoms with Crippen molar-refractivity contribution in [2.45, 2.75) is 163 Å². The zero-order valence-corrected chi connectivity index (χ0v) is 39.8. The molecule has 332 valence electrons. The molecule has 0 amide bonds. The topological polar surface area (TPSA) is 112 Å². The van der Waals surface area contributed by atoms with E-state index in [4.69, 9.17) is 18.9 Å². The van der Waals surface area contributed by atoms with Gasteiger partial charge in [-0.15, -0.1) is 0 Å². The summed E-state index contributed by atoms with van der Waals surface area (Å²) in [5.74, 6) is 1.04. The molecule has 0 aliphatic rings. The molecule has 61 heavy (non-hydrogen) atoms. The Labute approximate surface area is 366 Å². The summed E-state index contributed by atoms with van der Waals surface area (Å²) in [5, 5.41) is 22.9. The number of aromatic hydroxyl groups is 2. The van der Waals surface area contributed by atoms with Crippen molar-refractivity contribution in [2.75, 3.05) is 13.2 Å². The maximum atomic E-state index is 12.9. The summed E-state index contributed by atoms with van der Waals surface area (Å²) in [5.41, 5.74) is 4.20. The molecule has 0 saturated heterocycles. The highest BCUT2D eigenvalue weighted by Gasteiger charge is 2.34. The van der Waals surface area contributed by atoms with Crippen LogP contribution in [-0.4, -0.2) is 35.4 Å². The molecular weight excluding hydrogens is 765 g/mol. The van der Waals surface area contributed by atoms with Crippen molar-refractivity contribution < 1.29 is 38.7 Å². The first-order valence-electron chi connectivity index (χ1n) is 21.7. The predicted molar refractivity (Wildman–Crippen MR) is 245 cm³/mol. The zero-order chi connectivity index (χ0) is 45.9. The molecule has 4 aromatic carbocycles. The van der Waals surface area contributed by atoms with Crippen molar-refractivity contribution in [3.63, 3.8) is 0 Å². The smallest absolute Gasteiger partial charge is 0.306 e. The second-order valence-electron chi connectivity index (χ2n) is 20.8. The molecule has 8 heteroatoms. The van der Waals surface area contributed by atoms with E-state index in [1.165, 1.54) is 0 Å². The number of hydrogen-bond donors (Lipinski definition) is 2. The van der Waals surface area contributed by atoms with Gasteiger partial charge in [-0.05, 0) is 91.4 Å². The average molecular weight is 837 g/mol. The van der Waals surface area contributed by atoms with Crippen molar-refractivity contribution in [3.8, 4) is 23.0 Å². The predicted octanol–water partition coefficient (Wildman–Crippen LogP) is 12.8. The number of ether oxygens (including phenoxy) is 4. The highest BCUT2D eigenvalue weighted by molar-refractivity contribution is 5.70. The van der Waals surface area contributed by atoms with Crippen LogP contribution in [0.15, 0.2) is 72.8 Å². The Kier molecular flexibility index (Phi) is 14.8. The Balaban J connectivity index is 1.75. The normalized spacial score (nSPS) is 13.6. The van der Waals surface area contributed by atoms with E-state index in [-0.39, 0.29) is 71.2 Å². The van der Waals surface area contributed by atoms with Gasteiger partial charge in [-0.1, -0.05) is 147 Å². The maximum Gasteiger partial charge on any atom is 0.306 e. The van der Waals surface area contributed by atoms with E-state index in [0.29, 0.717) is 11.5 Å². The number of phenolic OH excluding ortho intramolecular Hbond substituents is 2. The highest BCUT2D eigenvalue weighted by atomic mass is 16.6. The quantitative estimate of drug-likeness (QED) is 0.121. The van der Waals surface area contributed by atoms with Crippen LogP contribution in [0, 0.1) is 0 Å². The van der Waals surface area contributed by atoms with E-state index in [0.717, 1.165) is 44.5 Å². The maximum absolute atomic E-state index is 12.9. The van der Waals surface area contributed by atoms with E-state index in [1.54, 1.807) is 13.8 Å². The molecular formula is C53H72O8. The Hall–Kier alpha value is -4.98. The molecule has 0 bridgehead atoms. The first-order valence-corrected chi connectivity index (χ1v) is 21.7.